The van der Waals surface area contributed by atoms with E-state index in [1.54, 1.807) is 25.3 Å². The Kier molecular flexibility index (Phi) is 4.38. The van der Waals surface area contributed by atoms with Crippen LogP contribution in [0.3, 0.4) is 0 Å². The first-order chi connectivity index (χ1) is 14.3. The minimum atomic E-state index is -0.284. The highest BCUT2D eigenvalue weighted by Gasteiger charge is 2.58. The van der Waals surface area contributed by atoms with Crippen LogP contribution in [0.25, 0.3) is 0 Å². The molecule has 0 aliphatic heterocycles. The quantitative estimate of drug-likeness (QED) is 0.815. The van der Waals surface area contributed by atoms with Crippen LogP contribution in [0.5, 0.6) is 0 Å². The molecule has 2 unspecified atom stereocenters. The smallest absolute Gasteiger partial charge is 0.270 e. The molecule has 0 aromatic carbocycles. The fraction of sp³-hybridized carbons (Fsp3) is 0.522. The standard InChI is InChI=1S/C23H27N5O2/c1-14-4-3-5-18(25-14)20(29)27-22-9-16-8-17(10-22)12-23(11-16,13-22)28-21(30)19-6-7-24-15(2)26-19/h3-7,16-17H,8-13H2,1-2H3,(H,27,29)(H,28,30). The van der Waals surface area contributed by atoms with E-state index in [-0.39, 0.29) is 22.9 Å². The van der Waals surface area contributed by atoms with Crippen molar-refractivity contribution in [2.45, 2.75) is 63.5 Å². The molecule has 6 rings (SSSR count). The fourth-order valence-corrected chi connectivity index (χ4v) is 6.42. The Morgan fingerprint density at radius 2 is 1.50 bits per heavy atom. The number of hydrogen-bond acceptors (Lipinski definition) is 5. The molecule has 156 valence electrons. The van der Waals surface area contributed by atoms with Crippen LogP contribution in [-0.4, -0.2) is 37.8 Å². The van der Waals surface area contributed by atoms with Gasteiger partial charge in [-0.05, 0) is 82.4 Å². The maximum absolute atomic E-state index is 13.0. The van der Waals surface area contributed by atoms with Crippen molar-refractivity contribution in [2.75, 3.05) is 0 Å². The Labute approximate surface area is 176 Å². The summed E-state index contributed by atoms with van der Waals surface area (Å²) >= 11 is 0. The Bertz CT molecular complexity index is 929. The van der Waals surface area contributed by atoms with Crippen LogP contribution in [0.2, 0.25) is 0 Å². The Morgan fingerprint density at radius 1 is 0.900 bits per heavy atom. The number of aryl methyl sites for hydroxylation is 2. The Balaban J connectivity index is 1.38. The van der Waals surface area contributed by atoms with Crippen molar-refractivity contribution in [1.82, 2.24) is 25.6 Å². The first kappa shape index (κ1) is 19.2. The summed E-state index contributed by atoms with van der Waals surface area (Å²) in [4.78, 5) is 38.7. The van der Waals surface area contributed by atoms with E-state index >= 15 is 0 Å². The van der Waals surface area contributed by atoms with Crippen molar-refractivity contribution in [3.05, 3.63) is 53.4 Å². The largest absolute Gasteiger partial charge is 0.345 e. The van der Waals surface area contributed by atoms with E-state index in [0.29, 0.717) is 29.0 Å². The van der Waals surface area contributed by atoms with Crippen molar-refractivity contribution >= 4 is 11.8 Å². The summed E-state index contributed by atoms with van der Waals surface area (Å²) in [5.74, 6) is 1.36. The summed E-state index contributed by atoms with van der Waals surface area (Å²) in [7, 11) is 0. The third kappa shape index (κ3) is 3.46. The summed E-state index contributed by atoms with van der Waals surface area (Å²) in [6, 6.07) is 7.17. The predicted octanol–water partition coefficient (Wildman–Crippen LogP) is 2.74. The van der Waals surface area contributed by atoms with Gasteiger partial charge in [-0.15, -0.1) is 0 Å². The average molecular weight is 406 g/mol. The third-order valence-corrected chi connectivity index (χ3v) is 6.95. The molecule has 2 amide bonds. The van der Waals surface area contributed by atoms with Crippen LogP contribution in [0, 0.1) is 25.7 Å². The van der Waals surface area contributed by atoms with E-state index < -0.39 is 0 Å². The second-order valence-electron chi connectivity index (χ2n) is 9.58. The second-order valence-corrected chi connectivity index (χ2v) is 9.58. The SMILES string of the molecule is Cc1cccc(C(=O)NC23CC4CC(C2)CC(NC(=O)c2ccnc(C)n2)(C4)C3)n1. The topological polar surface area (TPSA) is 96.9 Å². The highest BCUT2D eigenvalue weighted by molar-refractivity contribution is 5.93. The van der Waals surface area contributed by atoms with Gasteiger partial charge in [-0.25, -0.2) is 15.0 Å². The maximum atomic E-state index is 13.0. The molecule has 2 N–H and O–H groups in total. The molecule has 0 spiro atoms. The van der Waals surface area contributed by atoms with Gasteiger partial charge in [-0.3, -0.25) is 9.59 Å². The molecule has 7 heteroatoms. The summed E-state index contributed by atoms with van der Waals surface area (Å²) in [5, 5.41) is 6.66. The van der Waals surface area contributed by atoms with Crippen molar-refractivity contribution in [3.8, 4) is 0 Å². The van der Waals surface area contributed by atoms with E-state index in [4.69, 9.17) is 0 Å². The molecule has 2 aromatic heterocycles. The third-order valence-electron chi connectivity index (χ3n) is 6.95. The molecule has 4 aliphatic carbocycles. The average Bonchev–Trinajstić information content (AvgIpc) is 2.66. The lowest BCUT2D eigenvalue weighted by molar-refractivity contribution is -0.0449. The zero-order valence-corrected chi connectivity index (χ0v) is 17.4. The minimum Gasteiger partial charge on any atom is -0.345 e. The lowest BCUT2D eigenvalue weighted by atomic mass is 9.49. The molecule has 2 heterocycles. The Hall–Kier alpha value is -2.83. The number of amides is 2. The van der Waals surface area contributed by atoms with Gasteiger partial charge < -0.3 is 10.6 Å². The number of pyridine rings is 1. The van der Waals surface area contributed by atoms with Crippen LogP contribution in [0.4, 0.5) is 0 Å². The highest BCUT2D eigenvalue weighted by Crippen LogP contribution is 2.57. The first-order valence-corrected chi connectivity index (χ1v) is 10.7. The van der Waals surface area contributed by atoms with Crippen LogP contribution in [0.1, 0.15) is 71.0 Å². The van der Waals surface area contributed by atoms with Gasteiger partial charge in [0.2, 0.25) is 0 Å². The number of nitrogens with one attached hydrogen (secondary N) is 2. The zero-order chi connectivity index (χ0) is 20.9. The molecule has 4 bridgehead atoms. The first-order valence-electron chi connectivity index (χ1n) is 10.7. The molecule has 2 aromatic rings. The Morgan fingerprint density at radius 3 is 2.07 bits per heavy atom. The zero-order valence-electron chi connectivity index (χ0n) is 17.4. The molecular formula is C23H27N5O2. The molecule has 2 atom stereocenters. The van der Waals surface area contributed by atoms with Crippen molar-refractivity contribution in [3.63, 3.8) is 0 Å². The number of carbonyl (C=O) groups excluding carboxylic acids is 2. The monoisotopic (exact) mass is 405 g/mol. The molecule has 0 radical (unpaired) electrons. The minimum absolute atomic E-state index is 0.117. The van der Waals surface area contributed by atoms with Gasteiger partial charge in [0, 0.05) is 23.0 Å². The van der Waals surface area contributed by atoms with Gasteiger partial charge in [0.25, 0.3) is 11.8 Å². The predicted molar refractivity (Wildman–Crippen MR) is 111 cm³/mol. The number of carbonyl (C=O) groups is 2. The lowest BCUT2D eigenvalue weighted by Gasteiger charge is -2.62. The van der Waals surface area contributed by atoms with Gasteiger partial charge in [0.05, 0.1) is 0 Å². The van der Waals surface area contributed by atoms with E-state index in [1.165, 1.54) is 6.42 Å². The van der Waals surface area contributed by atoms with Gasteiger partial charge in [-0.2, -0.15) is 0 Å². The number of nitrogens with zero attached hydrogens (tertiary/aromatic N) is 3. The summed E-state index contributed by atoms with van der Waals surface area (Å²) in [6.07, 6.45) is 7.47. The summed E-state index contributed by atoms with van der Waals surface area (Å²) < 4.78 is 0. The van der Waals surface area contributed by atoms with Crippen LogP contribution >= 0.6 is 0 Å². The second kappa shape index (κ2) is 6.86. The number of hydrogen-bond donors (Lipinski definition) is 2. The lowest BCUT2D eigenvalue weighted by Crippen LogP contribution is -2.70. The molecule has 4 aliphatic rings. The van der Waals surface area contributed by atoms with Gasteiger partial charge in [0.15, 0.2) is 0 Å². The van der Waals surface area contributed by atoms with Crippen LogP contribution < -0.4 is 10.6 Å². The molecule has 30 heavy (non-hydrogen) atoms. The molecular weight excluding hydrogens is 378 g/mol. The molecule has 4 fully saturated rings. The van der Waals surface area contributed by atoms with Crippen molar-refractivity contribution in [2.24, 2.45) is 11.8 Å². The van der Waals surface area contributed by atoms with Gasteiger partial charge in [0.1, 0.15) is 17.2 Å². The van der Waals surface area contributed by atoms with Crippen molar-refractivity contribution < 1.29 is 9.59 Å². The summed E-state index contributed by atoms with van der Waals surface area (Å²) in [6.45, 7) is 3.67. The molecule has 0 saturated heterocycles. The van der Waals surface area contributed by atoms with E-state index in [1.807, 2.05) is 19.1 Å². The number of rotatable bonds is 4. The van der Waals surface area contributed by atoms with E-state index in [2.05, 4.69) is 25.6 Å². The van der Waals surface area contributed by atoms with E-state index in [9.17, 15) is 9.59 Å². The van der Waals surface area contributed by atoms with Crippen molar-refractivity contribution in [1.29, 1.82) is 0 Å². The molecule has 7 nitrogen and oxygen atoms in total. The maximum Gasteiger partial charge on any atom is 0.270 e. The van der Waals surface area contributed by atoms with Gasteiger partial charge in [-0.1, -0.05) is 6.07 Å². The van der Waals surface area contributed by atoms with Gasteiger partial charge >= 0.3 is 0 Å². The van der Waals surface area contributed by atoms with Crippen LogP contribution in [0.15, 0.2) is 30.5 Å². The normalized spacial score (nSPS) is 31.4. The molecule has 4 saturated carbocycles. The van der Waals surface area contributed by atoms with E-state index in [0.717, 1.165) is 37.8 Å². The fourth-order valence-electron chi connectivity index (χ4n) is 6.42. The number of aromatic nitrogens is 3. The van der Waals surface area contributed by atoms with Crippen LogP contribution in [-0.2, 0) is 0 Å². The summed E-state index contributed by atoms with van der Waals surface area (Å²) in [5.41, 5.74) is 1.13. The highest BCUT2D eigenvalue weighted by atomic mass is 16.2.